The second-order valence-corrected chi connectivity index (χ2v) is 13.8. The summed E-state index contributed by atoms with van der Waals surface area (Å²) in [7, 11) is -3.13. The topological polar surface area (TPSA) is 46.1 Å². The second-order valence-electron chi connectivity index (χ2n) is 11.1. The standard InChI is InChI=1S/C40H28N3OP/c44-45(35-18-8-3-9-19-35)38-22-12-10-20-36(38)43(37-21-11-13-23-39(37)45)40-41-27-34(28-42-40)33-25-31(29-14-4-1-5-15-29)24-32(26-33)30-16-6-2-7-17-30/h1-28H. The van der Waals surface area contributed by atoms with E-state index in [9.17, 15) is 0 Å². The predicted molar refractivity (Wildman–Crippen MR) is 186 cm³/mol. The quantitative estimate of drug-likeness (QED) is 0.186. The largest absolute Gasteiger partial charge is 0.308 e. The zero-order valence-corrected chi connectivity index (χ0v) is 25.3. The molecule has 1 aliphatic heterocycles. The van der Waals surface area contributed by atoms with Crippen molar-refractivity contribution < 1.29 is 4.57 Å². The number of benzene rings is 6. The average Bonchev–Trinajstić information content (AvgIpc) is 3.13. The third kappa shape index (κ3) is 4.68. The van der Waals surface area contributed by atoms with E-state index in [0.29, 0.717) is 5.95 Å². The molecule has 6 aromatic carbocycles. The van der Waals surface area contributed by atoms with Crippen LogP contribution in [0.4, 0.5) is 17.3 Å². The summed E-state index contributed by atoms with van der Waals surface area (Å²) in [6, 6.07) is 53.1. The molecule has 0 spiro atoms. The van der Waals surface area contributed by atoms with E-state index in [1.54, 1.807) is 0 Å². The van der Waals surface area contributed by atoms with Crippen LogP contribution in [0, 0.1) is 0 Å². The van der Waals surface area contributed by atoms with E-state index in [4.69, 9.17) is 9.97 Å². The van der Waals surface area contributed by atoms with Crippen molar-refractivity contribution in [2.75, 3.05) is 4.90 Å². The Morgan fingerprint density at radius 1 is 0.422 bits per heavy atom. The van der Waals surface area contributed by atoms with Gasteiger partial charge in [-0.25, -0.2) is 9.97 Å². The maximum Gasteiger partial charge on any atom is 0.234 e. The summed E-state index contributed by atoms with van der Waals surface area (Å²) in [6.07, 6.45) is 3.77. The highest BCUT2D eigenvalue weighted by Crippen LogP contribution is 2.53. The van der Waals surface area contributed by atoms with Crippen molar-refractivity contribution in [1.82, 2.24) is 9.97 Å². The van der Waals surface area contributed by atoms with Crippen molar-refractivity contribution >= 4 is 40.4 Å². The maximum atomic E-state index is 15.1. The van der Waals surface area contributed by atoms with Crippen molar-refractivity contribution in [2.24, 2.45) is 0 Å². The van der Waals surface area contributed by atoms with Crippen LogP contribution in [-0.4, -0.2) is 9.97 Å². The van der Waals surface area contributed by atoms with Crippen molar-refractivity contribution in [2.45, 2.75) is 0 Å². The van der Waals surface area contributed by atoms with E-state index in [1.807, 2.05) is 108 Å². The molecule has 4 nitrogen and oxygen atoms in total. The second kappa shape index (κ2) is 11.2. The molecule has 0 N–H and O–H groups in total. The van der Waals surface area contributed by atoms with Crippen LogP contribution in [0.2, 0.25) is 0 Å². The van der Waals surface area contributed by atoms with Crippen molar-refractivity contribution in [3.63, 3.8) is 0 Å². The first-order chi connectivity index (χ1) is 22.2. The van der Waals surface area contributed by atoms with Gasteiger partial charge in [0.05, 0.1) is 11.4 Å². The minimum atomic E-state index is -3.13. The molecule has 0 atom stereocenters. The first-order valence-corrected chi connectivity index (χ1v) is 16.6. The molecule has 0 aliphatic carbocycles. The van der Waals surface area contributed by atoms with Crippen LogP contribution in [-0.2, 0) is 4.57 Å². The molecule has 0 amide bonds. The number of aromatic nitrogens is 2. The van der Waals surface area contributed by atoms with Gasteiger partial charge >= 0.3 is 0 Å². The highest BCUT2D eigenvalue weighted by atomic mass is 31.2. The summed E-state index contributed by atoms with van der Waals surface area (Å²) in [4.78, 5) is 11.9. The number of hydrogen-bond acceptors (Lipinski definition) is 4. The molecule has 8 rings (SSSR count). The molecule has 1 aromatic heterocycles. The fourth-order valence-corrected chi connectivity index (χ4v) is 9.20. The van der Waals surface area contributed by atoms with E-state index in [1.165, 1.54) is 0 Å². The first-order valence-electron chi connectivity index (χ1n) is 14.9. The van der Waals surface area contributed by atoms with Gasteiger partial charge < -0.3 is 4.57 Å². The number of rotatable bonds is 5. The van der Waals surface area contributed by atoms with E-state index < -0.39 is 7.14 Å². The molecule has 5 heteroatoms. The molecule has 2 heterocycles. The van der Waals surface area contributed by atoms with E-state index >= 15 is 4.57 Å². The van der Waals surface area contributed by atoms with Gasteiger partial charge in [0, 0.05) is 33.9 Å². The molecule has 7 aromatic rings. The van der Waals surface area contributed by atoms with Gasteiger partial charge in [-0.2, -0.15) is 0 Å². The molecule has 0 radical (unpaired) electrons. The van der Waals surface area contributed by atoms with Gasteiger partial charge in [-0.3, -0.25) is 4.90 Å². The Morgan fingerprint density at radius 3 is 1.31 bits per heavy atom. The molecule has 0 saturated heterocycles. The van der Waals surface area contributed by atoms with Crippen LogP contribution >= 0.6 is 7.14 Å². The van der Waals surface area contributed by atoms with Crippen LogP contribution in [0.25, 0.3) is 33.4 Å². The molecule has 0 unspecified atom stereocenters. The molecule has 0 fully saturated rings. The lowest BCUT2D eigenvalue weighted by Crippen LogP contribution is -2.37. The smallest absolute Gasteiger partial charge is 0.234 e. The Hall–Kier alpha value is -5.57. The lowest BCUT2D eigenvalue weighted by Gasteiger charge is -2.36. The van der Waals surface area contributed by atoms with Gasteiger partial charge in [0.2, 0.25) is 5.95 Å². The van der Waals surface area contributed by atoms with Gasteiger partial charge in [0.1, 0.15) is 0 Å². The van der Waals surface area contributed by atoms with Crippen molar-refractivity contribution in [3.8, 4) is 33.4 Å². The zero-order chi connectivity index (χ0) is 30.2. The maximum absolute atomic E-state index is 15.1. The van der Waals surface area contributed by atoms with Crippen LogP contribution in [0.1, 0.15) is 0 Å². The fraction of sp³-hybridized carbons (Fsp3) is 0. The van der Waals surface area contributed by atoms with Gasteiger partial charge in [-0.05, 0) is 70.3 Å². The Balaban J connectivity index is 1.25. The number of fused-ring (bicyclic) bond motifs is 2. The zero-order valence-electron chi connectivity index (χ0n) is 24.4. The number of hydrogen-bond donors (Lipinski definition) is 0. The summed E-state index contributed by atoms with van der Waals surface area (Å²) in [5.41, 5.74) is 8.18. The minimum absolute atomic E-state index is 0.528. The monoisotopic (exact) mass is 597 g/mol. The third-order valence-corrected chi connectivity index (χ3v) is 11.5. The number of nitrogens with zero attached hydrogens (tertiary/aromatic N) is 3. The summed E-state index contributed by atoms with van der Waals surface area (Å²) < 4.78 is 15.1. The van der Waals surface area contributed by atoms with Gasteiger partial charge in [0.25, 0.3) is 0 Å². The summed E-state index contributed by atoms with van der Waals surface area (Å²) in [5.74, 6) is 0.528. The Bertz CT molecular complexity index is 2070. The fourth-order valence-electron chi connectivity index (χ4n) is 6.20. The molecule has 0 bridgehead atoms. The molecule has 45 heavy (non-hydrogen) atoms. The lowest BCUT2D eigenvalue weighted by molar-refractivity contribution is 0.592. The predicted octanol–water partition coefficient (Wildman–Crippen LogP) is 8.90. The van der Waals surface area contributed by atoms with E-state index in [2.05, 4.69) is 66.7 Å². The first kappa shape index (κ1) is 27.0. The van der Waals surface area contributed by atoms with Crippen molar-refractivity contribution in [1.29, 1.82) is 0 Å². The Labute approximate surface area is 262 Å². The molecule has 214 valence electrons. The average molecular weight is 598 g/mol. The summed E-state index contributed by atoms with van der Waals surface area (Å²) in [5, 5.41) is 2.38. The minimum Gasteiger partial charge on any atom is -0.308 e. The highest BCUT2D eigenvalue weighted by molar-refractivity contribution is 7.86. The summed E-state index contributed by atoms with van der Waals surface area (Å²) in [6.45, 7) is 0. The molecule has 0 saturated carbocycles. The summed E-state index contributed by atoms with van der Waals surface area (Å²) >= 11 is 0. The highest BCUT2D eigenvalue weighted by Gasteiger charge is 2.41. The van der Waals surface area contributed by atoms with E-state index in [0.717, 1.165) is 60.7 Å². The van der Waals surface area contributed by atoms with Crippen LogP contribution in [0.3, 0.4) is 0 Å². The number of anilines is 3. The van der Waals surface area contributed by atoms with Crippen LogP contribution in [0.15, 0.2) is 170 Å². The SMILES string of the molecule is O=P1(c2ccccc2)c2ccccc2N(c2ncc(-c3cc(-c4ccccc4)cc(-c4ccccc4)c3)cn2)c2ccccc21. The van der Waals surface area contributed by atoms with Gasteiger partial charge in [0.15, 0.2) is 7.14 Å². The Kier molecular flexibility index (Phi) is 6.70. The molecular formula is C40H28N3OP. The van der Waals surface area contributed by atoms with Gasteiger partial charge in [-0.15, -0.1) is 0 Å². The van der Waals surface area contributed by atoms with E-state index in [-0.39, 0.29) is 0 Å². The normalized spacial score (nSPS) is 13.1. The van der Waals surface area contributed by atoms with Crippen LogP contribution < -0.4 is 20.8 Å². The van der Waals surface area contributed by atoms with Crippen molar-refractivity contribution in [3.05, 3.63) is 170 Å². The molecule has 1 aliphatic rings. The van der Waals surface area contributed by atoms with Crippen LogP contribution in [0.5, 0.6) is 0 Å². The van der Waals surface area contributed by atoms with Gasteiger partial charge in [-0.1, -0.05) is 115 Å². The molecular weight excluding hydrogens is 569 g/mol. The third-order valence-electron chi connectivity index (χ3n) is 8.36. The number of para-hydroxylation sites is 2. The Morgan fingerprint density at radius 2 is 0.822 bits per heavy atom. The lowest BCUT2D eigenvalue weighted by atomic mass is 9.94.